The van der Waals surface area contributed by atoms with Crippen molar-refractivity contribution in [1.29, 1.82) is 0 Å². The van der Waals surface area contributed by atoms with Gasteiger partial charge in [-0.2, -0.15) is 0 Å². The standard InChI is InChI=1S/C13H11N3O3/c17-6-10-11-3-1-8(5-16(11)7-14-10)9-2-4-12(18)15-13(9)19/h1,3,5-7,9H,2,4H2,(H,15,18,19). The van der Waals surface area contributed by atoms with Crippen LogP contribution in [-0.2, 0) is 9.59 Å². The van der Waals surface area contributed by atoms with Gasteiger partial charge in [0.15, 0.2) is 6.29 Å². The van der Waals surface area contributed by atoms with Crippen molar-refractivity contribution in [1.82, 2.24) is 14.7 Å². The number of pyridine rings is 1. The second-order valence-corrected chi connectivity index (χ2v) is 4.51. The molecule has 2 aromatic heterocycles. The molecule has 6 nitrogen and oxygen atoms in total. The number of imide groups is 1. The molecule has 19 heavy (non-hydrogen) atoms. The fourth-order valence-corrected chi connectivity index (χ4v) is 2.35. The second-order valence-electron chi connectivity index (χ2n) is 4.51. The number of aromatic nitrogens is 2. The summed E-state index contributed by atoms with van der Waals surface area (Å²) in [7, 11) is 0. The van der Waals surface area contributed by atoms with E-state index in [4.69, 9.17) is 0 Å². The Morgan fingerprint density at radius 3 is 2.95 bits per heavy atom. The molecule has 0 bridgehead atoms. The highest BCUT2D eigenvalue weighted by atomic mass is 16.2. The topological polar surface area (TPSA) is 80.5 Å². The highest BCUT2D eigenvalue weighted by Gasteiger charge is 2.28. The summed E-state index contributed by atoms with van der Waals surface area (Å²) in [4.78, 5) is 37.7. The molecule has 3 heterocycles. The van der Waals surface area contributed by atoms with E-state index in [0.717, 1.165) is 5.56 Å². The molecular formula is C13H11N3O3. The number of nitrogens with one attached hydrogen (secondary N) is 1. The Labute approximate surface area is 108 Å². The van der Waals surface area contributed by atoms with Crippen molar-refractivity contribution < 1.29 is 14.4 Å². The van der Waals surface area contributed by atoms with Crippen LogP contribution < -0.4 is 5.32 Å². The number of amides is 2. The van der Waals surface area contributed by atoms with Crippen molar-refractivity contribution in [3.63, 3.8) is 0 Å². The van der Waals surface area contributed by atoms with Crippen molar-refractivity contribution in [3.05, 3.63) is 35.9 Å². The molecule has 0 radical (unpaired) electrons. The molecule has 1 aliphatic heterocycles. The lowest BCUT2D eigenvalue weighted by Gasteiger charge is -2.21. The van der Waals surface area contributed by atoms with Crippen LogP contribution in [0.4, 0.5) is 0 Å². The Balaban J connectivity index is 1.99. The number of carbonyl (C=O) groups is 3. The van der Waals surface area contributed by atoms with Gasteiger partial charge in [-0.05, 0) is 18.1 Å². The van der Waals surface area contributed by atoms with E-state index in [1.54, 1.807) is 22.7 Å². The van der Waals surface area contributed by atoms with E-state index in [-0.39, 0.29) is 17.7 Å². The molecule has 6 heteroatoms. The summed E-state index contributed by atoms with van der Waals surface area (Å²) >= 11 is 0. The van der Waals surface area contributed by atoms with Crippen molar-refractivity contribution in [3.8, 4) is 0 Å². The minimum absolute atomic E-state index is 0.229. The second kappa shape index (κ2) is 4.31. The van der Waals surface area contributed by atoms with Gasteiger partial charge in [-0.25, -0.2) is 4.98 Å². The first-order valence-corrected chi connectivity index (χ1v) is 5.94. The number of rotatable bonds is 2. The highest BCUT2D eigenvalue weighted by molar-refractivity contribution is 6.01. The maximum atomic E-state index is 11.8. The molecule has 0 aliphatic carbocycles. The zero-order valence-corrected chi connectivity index (χ0v) is 10.00. The SMILES string of the molecule is O=Cc1ncn2cc(C3CCC(=O)NC3=O)ccc12. The van der Waals surface area contributed by atoms with Gasteiger partial charge in [0, 0.05) is 12.6 Å². The number of hydrogen-bond acceptors (Lipinski definition) is 4. The number of fused-ring (bicyclic) bond motifs is 1. The molecule has 0 spiro atoms. The fourth-order valence-electron chi connectivity index (χ4n) is 2.35. The van der Waals surface area contributed by atoms with E-state index in [1.165, 1.54) is 6.33 Å². The Kier molecular flexibility index (Phi) is 2.63. The first kappa shape index (κ1) is 11.6. The van der Waals surface area contributed by atoms with Gasteiger partial charge in [0.2, 0.25) is 11.8 Å². The summed E-state index contributed by atoms with van der Waals surface area (Å²) < 4.78 is 1.71. The molecule has 1 aliphatic rings. The summed E-state index contributed by atoms with van der Waals surface area (Å²) in [6.45, 7) is 0. The average Bonchev–Trinajstić information content (AvgIpc) is 2.80. The van der Waals surface area contributed by atoms with E-state index in [0.29, 0.717) is 30.3 Å². The molecule has 0 aromatic carbocycles. The monoisotopic (exact) mass is 257 g/mol. The van der Waals surface area contributed by atoms with E-state index in [1.807, 2.05) is 0 Å². The van der Waals surface area contributed by atoms with Crippen LogP contribution in [0.15, 0.2) is 24.7 Å². The Morgan fingerprint density at radius 1 is 1.37 bits per heavy atom. The third-order valence-electron chi connectivity index (χ3n) is 3.34. The van der Waals surface area contributed by atoms with E-state index in [9.17, 15) is 14.4 Å². The summed E-state index contributed by atoms with van der Waals surface area (Å²) in [5.74, 6) is -0.830. The molecule has 1 unspecified atom stereocenters. The van der Waals surface area contributed by atoms with Gasteiger partial charge in [0.25, 0.3) is 0 Å². The lowest BCUT2D eigenvalue weighted by atomic mass is 9.91. The maximum Gasteiger partial charge on any atom is 0.234 e. The molecule has 1 atom stereocenters. The number of hydrogen-bond donors (Lipinski definition) is 1. The van der Waals surface area contributed by atoms with Gasteiger partial charge in [-0.3, -0.25) is 19.7 Å². The zero-order valence-electron chi connectivity index (χ0n) is 10.00. The van der Waals surface area contributed by atoms with Crippen LogP contribution in [0.2, 0.25) is 0 Å². The summed E-state index contributed by atoms with van der Waals surface area (Å²) in [5.41, 5.74) is 1.88. The predicted octanol–water partition coefficient (Wildman–Crippen LogP) is 0.667. The molecule has 96 valence electrons. The largest absolute Gasteiger partial charge is 0.305 e. The van der Waals surface area contributed by atoms with Gasteiger partial charge in [-0.15, -0.1) is 0 Å². The predicted molar refractivity (Wildman–Crippen MR) is 65.7 cm³/mol. The Bertz CT molecular complexity index is 689. The molecule has 1 N–H and O–H groups in total. The molecule has 2 aromatic rings. The lowest BCUT2D eigenvalue weighted by molar-refractivity contribution is -0.134. The van der Waals surface area contributed by atoms with E-state index in [2.05, 4.69) is 10.3 Å². The quantitative estimate of drug-likeness (QED) is 0.633. The fraction of sp³-hybridized carbons (Fsp3) is 0.231. The number of piperidine rings is 1. The van der Waals surface area contributed by atoms with Crippen molar-refractivity contribution in [2.24, 2.45) is 0 Å². The molecule has 1 fully saturated rings. The normalized spacial score (nSPS) is 19.5. The van der Waals surface area contributed by atoms with E-state index < -0.39 is 0 Å². The molecule has 0 saturated carbocycles. The first-order chi connectivity index (χ1) is 9.19. The van der Waals surface area contributed by atoms with Crippen LogP contribution in [0.3, 0.4) is 0 Å². The third kappa shape index (κ3) is 1.91. The first-order valence-electron chi connectivity index (χ1n) is 5.94. The van der Waals surface area contributed by atoms with Crippen LogP contribution in [0.25, 0.3) is 5.52 Å². The summed E-state index contributed by atoms with van der Waals surface area (Å²) in [5, 5.41) is 2.33. The molecule has 3 rings (SSSR count). The van der Waals surface area contributed by atoms with Gasteiger partial charge < -0.3 is 4.40 Å². The van der Waals surface area contributed by atoms with Crippen LogP contribution >= 0.6 is 0 Å². The van der Waals surface area contributed by atoms with Crippen LogP contribution in [0.5, 0.6) is 0 Å². The Hall–Kier alpha value is -2.50. The van der Waals surface area contributed by atoms with Crippen LogP contribution in [0, 0.1) is 0 Å². The number of aldehydes is 1. The van der Waals surface area contributed by atoms with Gasteiger partial charge in [-0.1, -0.05) is 6.07 Å². The number of imidazole rings is 1. The minimum atomic E-state index is -0.329. The van der Waals surface area contributed by atoms with E-state index >= 15 is 0 Å². The van der Waals surface area contributed by atoms with Crippen LogP contribution in [-0.4, -0.2) is 27.5 Å². The summed E-state index contributed by atoms with van der Waals surface area (Å²) in [6.07, 6.45) is 4.86. The van der Waals surface area contributed by atoms with Gasteiger partial charge in [0.05, 0.1) is 11.4 Å². The zero-order chi connectivity index (χ0) is 13.4. The maximum absolute atomic E-state index is 11.8. The van der Waals surface area contributed by atoms with Gasteiger partial charge in [0.1, 0.15) is 12.0 Å². The minimum Gasteiger partial charge on any atom is -0.305 e. The molecule has 2 amide bonds. The lowest BCUT2D eigenvalue weighted by Crippen LogP contribution is -2.39. The Morgan fingerprint density at radius 2 is 2.21 bits per heavy atom. The number of carbonyl (C=O) groups excluding carboxylic acids is 3. The smallest absolute Gasteiger partial charge is 0.234 e. The van der Waals surface area contributed by atoms with Crippen molar-refractivity contribution in [2.75, 3.05) is 0 Å². The van der Waals surface area contributed by atoms with Crippen molar-refractivity contribution in [2.45, 2.75) is 18.8 Å². The highest BCUT2D eigenvalue weighted by Crippen LogP contribution is 2.25. The van der Waals surface area contributed by atoms with Crippen LogP contribution in [0.1, 0.15) is 34.8 Å². The van der Waals surface area contributed by atoms with Gasteiger partial charge >= 0.3 is 0 Å². The average molecular weight is 257 g/mol. The summed E-state index contributed by atoms with van der Waals surface area (Å²) in [6, 6.07) is 3.56. The molecule has 1 saturated heterocycles. The third-order valence-corrected chi connectivity index (χ3v) is 3.34. The van der Waals surface area contributed by atoms with Crippen molar-refractivity contribution >= 4 is 23.6 Å². The molecular weight excluding hydrogens is 246 g/mol. The number of nitrogens with zero attached hydrogens (tertiary/aromatic N) is 2.